The molecule has 3 rings (SSSR count). The number of rotatable bonds is 5. The van der Waals surface area contributed by atoms with Crippen LogP contribution in [0, 0.1) is 5.92 Å². The number of carboxylic acid groups (broad SMARTS) is 1. The molecule has 14 nitrogen and oxygen atoms in total. The molecule has 5 N–H and O–H groups in total. The first-order valence-electron chi connectivity index (χ1n) is 8.93. The molecule has 1 saturated carbocycles. The highest BCUT2D eigenvalue weighted by Gasteiger charge is 2.49. The number of carbonyl (C=O) groups is 4. The Balaban J connectivity index is 1.56. The Bertz CT molecular complexity index is 818. The Morgan fingerprint density at radius 3 is 2.41 bits per heavy atom. The predicted molar refractivity (Wildman–Crippen MR) is 92.0 cm³/mol. The molecule has 0 aromatic carbocycles. The fourth-order valence-electron chi connectivity index (χ4n) is 4.01. The average Bonchev–Trinajstić information content (AvgIpc) is 3.17. The number of hydroxylamine groups is 2. The Hall–Kier alpha value is -2.65. The van der Waals surface area contributed by atoms with Gasteiger partial charge in [-0.25, -0.2) is 9.59 Å². The van der Waals surface area contributed by atoms with Gasteiger partial charge in [0.15, 0.2) is 0 Å². The van der Waals surface area contributed by atoms with Crippen LogP contribution in [0.2, 0.25) is 0 Å². The molecule has 2 bridgehead atoms. The van der Waals surface area contributed by atoms with Gasteiger partial charge in [-0.3, -0.25) is 25.0 Å². The molecule has 3 aliphatic rings. The Labute approximate surface area is 165 Å². The molecule has 0 spiro atoms. The number of amides is 5. The number of fused-ring (bicyclic) bond motifs is 2. The number of hydrogen-bond donors (Lipinski definition) is 5. The van der Waals surface area contributed by atoms with Crippen molar-refractivity contribution in [2.45, 2.75) is 50.2 Å². The monoisotopic (exact) mass is 435 g/mol. The molecular formula is C14H21N5O9S. The van der Waals surface area contributed by atoms with Crippen LogP contribution >= 0.6 is 0 Å². The first kappa shape index (κ1) is 21.1. The third-order valence-electron chi connectivity index (χ3n) is 5.27. The van der Waals surface area contributed by atoms with E-state index in [0.29, 0.717) is 24.3 Å². The average molecular weight is 435 g/mol. The maximum atomic E-state index is 12.4. The van der Waals surface area contributed by atoms with Crippen LogP contribution in [0.15, 0.2) is 0 Å². The SMILES string of the molecule is O=C(O)N[C@@H]1CCC[C@H]1C(=O)NNC(=O)[C@@H]1CC[C@@H]2CN1C(=O)N2OS(=O)(=O)O. The first-order chi connectivity index (χ1) is 13.6. The zero-order chi connectivity index (χ0) is 21.3. The van der Waals surface area contributed by atoms with Gasteiger partial charge in [-0.05, 0) is 25.7 Å². The second-order valence-corrected chi connectivity index (χ2v) is 8.09. The minimum atomic E-state index is -4.89. The maximum Gasteiger partial charge on any atom is 0.418 e. The van der Waals surface area contributed by atoms with Crippen LogP contribution in [-0.2, 0) is 24.3 Å². The van der Waals surface area contributed by atoms with Gasteiger partial charge in [0, 0.05) is 12.6 Å². The van der Waals surface area contributed by atoms with Crippen LogP contribution < -0.4 is 16.2 Å². The molecule has 4 atom stereocenters. The summed E-state index contributed by atoms with van der Waals surface area (Å²) in [4.78, 5) is 48.9. The third kappa shape index (κ3) is 4.68. The second kappa shape index (κ2) is 8.00. The van der Waals surface area contributed by atoms with Crippen molar-refractivity contribution in [1.29, 1.82) is 0 Å². The molecule has 0 radical (unpaired) electrons. The van der Waals surface area contributed by atoms with E-state index in [-0.39, 0.29) is 19.4 Å². The zero-order valence-corrected chi connectivity index (χ0v) is 15.9. The van der Waals surface area contributed by atoms with E-state index in [1.54, 1.807) is 0 Å². The van der Waals surface area contributed by atoms with Gasteiger partial charge in [-0.2, -0.15) is 13.5 Å². The maximum absolute atomic E-state index is 12.4. The molecule has 29 heavy (non-hydrogen) atoms. The smallest absolute Gasteiger partial charge is 0.418 e. The van der Waals surface area contributed by atoms with Crippen LogP contribution in [0.4, 0.5) is 9.59 Å². The van der Waals surface area contributed by atoms with E-state index in [0.717, 1.165) is 4.90 Å². The van der Waals surface area contributed by atoms with Crippen molar-refractivity contribution in [2.24, 2.45) is 5.92 Å². The molecule has 0 unspecified atom stereocenters. The number of piperidine rings is 1. The number of carbonyl (C=O) groups excluding carboxylic acids is 3. The van der Waals surface area contributed by atoms with E-state index >= 15 is 0 Å². The lowest BCUT2D eigenvalue weighted by Crippen LogP contribution is -2.56. The number of nitrogens with one attached hydrogen (secondary N) is 3. The summed E-state index contributed by atoms with van der Waals surface area (Å²) >= 11 is 0. The zero-order valence-electron chi connectivity index (χ0n) is 15.1. The fourth-order valence-corrected chi connectivity index (χ4v) is 4.40. The van der Waals surface area contributed by atoms with E-state index in [2.05, 4.69) is 20.5 Å². The number of urea groups is 1. The quantitative estimate of drug-likeness (QED) is 0.254. The van der Waals surface area contributed by atoms with Crippen molar-refractivity contribution >= 4 is 34.3 Å². The fraction of sp³-hybridized carbons (Fsp3) is 0.714. The predicted octanol–water partition coefficient (Wildman–Crippen LogP) is -1.43. The summed E-state index contributed by atoms with van der Waals surface area (Å²) < 4.78 is 34.8. The molecule has 0 aromatic heterocycles. The van der Waals surface area contributed by atoms with Gasteiger partial charge in [0.1, 0.15) is 6.04 Å². The molecule has 2 saturated heterocycles. The van der Waals surface area contributed by atoms with Gasteiger partial charge in [-0.1, -0.05) is 6.42 Å². The van der Waals surface area contributed by atoms with Crippen molar-refractivity contribution in [3.8, 4) is 0 Å². The van der Waals surface area contributed by atoms with E-state index in [1.807, 2.05) is 0 Å². The molecular weight excluding hydrogens is 414 g/mol. The van der Waals surface area contributed by atoms with Gasteiger partial charge in [-0.15, -0.1) is 4.28 Å². The van der Waals surface area contributed by atoms with E-state index in [1.165, 1.54) is 0 Å². The van der Waals surface area contributed by atoms with Crippen molar-refractivity contribution in [3.05, 3.63) is 0 Å². The highest BCUT2D eigenvalue weighted by atomic mass is 32.3. The normalized spacial score (nSPS) is 28.9. The Morgan fingerprint density at radius 1 is 1.07 bits per heavy atom. The van der Waals surface area contributed by atoms with E-state index in [9.17, 15) is 27.6 Å². The highest BCUT2D eigenvalue weighted by Crippen LogP contribution is 2.30. The molecule has 162 valence electrons. The largest absolute Gasteiger partial charge is 0.465 e. The van der Waals surface area contributed by atoms with Gasteiger partial charge in [0.2, 0.25) is 5.91 Å². The summed E-state index contributed by atoms with van der Waals surface area (Å²) in [6.45, 7) is 0.0214. The van der Waals surface area contributed by atoms with Crippen LogP contribution in [-0.4, -0.2) is 76.6 Å². The third-order valence-corrected chi connectivity index (χ3v) is 5.62. The van der Waals surface area contributed by atoms with E-state index in [4.69, 9.17) is 9.66 Å². The minimum Gasteiger partial charge on any atom is -0.465 e. The lowest BCUT2D eigenvalue weighted by Gasteiger charge is -2.29. The van der Waals surface area contributed by atoms with Gasteiger partial charge in [0.05, 0.1) is 12.0 Å². The summed E-state index contributed by atoms with van der Waals surface area (Å²) in [5, 5.41) is 11.6. The van der Waals surface area contributed by atoms with Crippen LogP contribution in [0.3, 0.4) is 0 Å². The lowest BCUT2D eigenvalue weighted by molar-refractivity contribution is -0.133. The van der Waals surface area contributed by atoms with Gasteiger partial charge >= 0.3 is 22.5 Å². The molecule has 5 amide bonds. The summed E-state index contributed by atoms with van der Waals surface area (Å²) in [5.74, 6) is -1.86. The summed E-state index contributed by atoms with van der Waals surface area (Å²) in [7, 11) is -4.89. The Kier molecular flexibility index (Phi) is 5.81. The van der Waals surface area contributed by atoms with Crippen molar-refractivity contribution in [1.82, 2.24) is 26.1 Å². The first-order valence-corrected chi connectivity index (χ1v) is 10.3. The van der Waals surface area contributed by atoms with Gasteiger partial charge < -0.3 is 15.3 Å². The van der Waals surface area contributed by atoms with Crippen LogP contribution in [0.25, 0.3) is 0 Å². The minimum absolute atomic E-state index is 0.0214. The number of nitrogens with zero attached hydrogens (tertiary/aromatic N) is 2. The number of hydrazine groups is 1. The van der Waals surface area contributed by atoms with E-state index < -0.39 is 58.4 Å². The van der Waals surface area contributed by atoms with Crippen LogP contribution in [0.1, 0.15) is 32.1 Å². The molecule has 3 fully saturated rings. The van der Waals surface area contributed by atoms with Crippen LogP contribution in [0.5, 0.6) is 0 Å². The van der Waals surface area contributed by atoms with Crippen molar-refractivity contribution in [3.63, 3.8) is 0 Å². The standard InChI is InChI=1S/C14H21N5O9S/c20-11(8-2-1-3-9(8)15-13(22)23)16-17-12(21)10-5-4-7-6-18(10)14(24)19(7)28-29(25,26)27/h7-10,15H,1-6H2,(H,16,20)(H,17,21)(H,22,23)(H,25,26,27)/t7-,8-,9-,10+/m1/s1. The molecule has 2 heterocycles. The molecule has 2 aliphatic heterocycles. The summed E-state index contributed by atoms with van der Waals surface area (Å²) in [6, 6.07) is -3.04. The highest BCUT2D eigenvalue weighted by molar-refractivity contribution is 7.80. The van der Waals surface area contributed by atoms with Gasteiger partial charge in [0.25, 0.3) is 5.91 Å². The summed E-state index contributed by atoms with van der Waals surface area (Å²) in [6.07, 6.45) is 0.832. The summed E-state index contributed by atoms with van der Waals surface area (Å²) in [5.41, 5.74) is 4.49. The molecule has 1 aliphatic carbocycles. The second-order valence-electron chi connectivity index (χ2n) is 7.08. The van der Waals surface area contributed by atoms with Crippen molar-refractivity contribution < 1.29 is 41.5 Å². The molecule has 15 heteroatoms. The lowest BCUT2D eigenvalue weighted by atomic mass is 10.0. The van der Waals surface area contributed by atoms with Crippen molar-refractivity contribution in [2.75, 3.05) is 6.54 Å². The Morgan fingerprint density at radius 2 is 1.76 bits per heavy atom. The number of hydrogen-bond acceptors (Lipinski definition) is 7. The molecule has 0 aromatic rings. The topological polar surface area (TPSA) is 195 Å².